The van der Waals surface area contributed by atoms with E-state index >= 15 is 0 Å². The number of anilines is 3. The topological polar surface area (TPSA) is 51.1 Å². The highest BCUT2D eigenvalue weighted by Crippen LogP contribution is 2.53. The van der Waals surface area contributed by atoms with E-state index in [-0.39, 0.29) is 0 Å². The third-order valence-electron chi connectivity index (χ3n) is 8.78. The van der Waals surface area contributed by atoms with Crippen LogP contribution in [0.5, 0.6) is 11.5 Å². The molecule has 51 heavy (non-hydrogen) atoms. The first-order valence-electron chi connectivity index (χ1n) is 16.8. The summed E-state index contributed by atoms with van der Waals surface area (Å²) in [5, 5.41) is 0. The average Bonchev–Trinajstić information content (AvgIpc) is 3.21. The van der Waals surface area contributed by atoms with Crippen LogP contribution in [0.2, 0.25) is 0 Å². The molecule has 0 bridgehead atoms. The van der Waals surface area contributed by atoms with Gasteiger partial charge in [-0.05, 0) is 54.1 Å². The number of hydrogen-bond acceptors (Lipinski definition) is 6. The molecule has 1 aromatic heterocycles. The predicted octanol–water partition coefficient (Wildman–Crippen LogP) is 12.3. The summed E-state index contributed by atoms with van der Waals surface area (Å²) in [6.07, 6.45) is 0. The Morgan fingerprint density at radius 2 is 0.824 bits per heavy atom. The average molecular weight is 675 g/mol. The van der Waals surface area contributed by atoms with Crippen LogP contribution in [-0.2, 0) is 0 Å². The number of aromatic nitrogens is 3. The summed E-state index contributed by atoms with van der Waals surface area (Å²) in [5.41, 5.74) is 7.93. The van der Waals surface area contributed by atoms with Crippen molar-refractivity contribution in [1.82, 2.24) is 15.0 Å². The summed E-state index contributed by atoms with van der Waals surface area (Å²) in [6, 6.07) is 61.8. The molecule has 0 amide bonds. The van der Waals surface area contributed by atoms with E-state index in [1.807, 2.05) is 103 Å². The molecule has 0 radical (unpaired) electrons. The van der Waals surface area contributed by atoms with Gasteiger partial charge in [-0.25, -0.2) is 15.0 Å². The maximum absolute atomic E-state index is 6.89. The molecular formula is C45H30N4OS. The highest BCUT2D eigenvalue weighted by molar-refractivity contribution is 7.99. The predicted molar refractivity (Wildman–Crippen MR) is 207 cm³/mol. The van der Waals surface area contributed by atoms with Gasteiger partial charge in [0.2, 0.25) is 0 Å². The van der Waals surface area contributed by atoms with E-state index in [4.69, 9.17) is 19.7 Å². The SMILES string of the molecule is c1ccc(-c2nc(-c3ccccc3)nc(-c3cccc(-c4ccccc4Oc4ccccc4N4c5ccccc5Sc5ccccc54)c3)n2)cc1. The van der Waals surface area contributed by atoms with Crippen LogP contribution in [0.15, 0.2) is 192 Å². The molecule has 0 saturated carbocycles. The maximum Gasteiger partial charge on any atom is 0.164 e. The van der Waals surface area contributed by atoms with E-state index < -0.39 is 0 Å². The maximum atomic E-state index is 6.89. The summed E-state index contributed by atoms with van der Waals surface area (Å²) in [4.78, 5) is 19.5. The third-order valence-corrected chi connectivity index (χ3v) is 9.91. The van der Waals surface area contributed by atoms with Crippen molar-refractivity contribution >= 4 is 28.8 Å². The molecule has 0 unspecified atom stereocenters. The lowest BCUT2D eigenvalue weighted by atomic mass is 10.0. The number of fused-ring (bicyclic) bond motifs is 2. The molecule has 7 aromatic carbocycles. The van der Waals surface area contributed by atoms with Gasteiger partial charge in [-0.15, -0.1) is 0 Å². The third kappa shape index (κ3) is 6.03. The molecule has 242 valence electrons. The van der Waals surface area contributed by atoms with Crippen LogP contribution in [0.4, 0.5) is 17.1 Å². The quantitative estimate of drug-likeness (QED) is 0.168. The summed E-state index contributed by atoms with van der Waals surface area (Å²) in [5.74, 6) is 3.37. The molecule has 2 heterocycles. The highest BCUT2D eigenvalue weighted by atomic mass is 32.2. The van der Waals surface area contributed by atoms with Crippen molar-refractivity contribution < 1.29 is 4.74 Å². The van der Waals surface area contributed by atoms with Crippen molar-refractivity contribution in [2.45, 2.75) is 9.79 Å². The van der Waals surface area contributed by atoms with Crippen LogP contribution in [0, 0.1) is 0 Å². The molecule has 0 aliphatic carbocycles. The molecule has 8 aromatic rings. The Morgan fingerprint density at radius 1 is 0.373 bits per heavy atom. The van der Waals surface area contributed by atoms with Gasteiger partial charge >= 0.3 is 0 Å². The Bertz CT molecular complexity index is 2400. The lowest BCUT2D eigenvalue weighted by Crippen LogP contribution is -2.15. The van der Waals surface area contributed by atoms with Crippen molar-refractivity contribution in [2.75, 3.05) is 4.90 Å². The summed E-state index contributed by atoms with van der Waals surface area (Å²) in [6.45, 7) is 0. The van der Waals surface area contributed by atoms with Crippen molar-refractivity contribution in [1.29, 1.82) is 0 Å². The molecule has 0 saturated heterocycles. The van der Waals surface area contributed by atoms with Crippen LogP contribution < -0.4 is 9.64 Å². The minimum atomic E-state index is 0.605. The van der Waals surface area contributed by atoms with E-state index in [0.29, 0.717) is 17.5 Å². The Kier molecular flexibility index (Phi) is 8.04. The van der Waals surface area contributed by atoms with Crippen LogP contribution in [-0.4, -0.2) is 15.0 Å². The lowest BCUT2D eigenvalue weighted by molar-refractivity contribution is 0.485. The van der Waals surface area contributed by atoms with Gasteiger partial charge in [0.1, 0.15) is 5.75 Å². The zero-order valence-electron chi connectivity index (χ0n) is 27.4. The van der Waals surface area contributed by atoms with Crippen molar-refractivity contribution in [2.24, 2.45) is 0 Å². The summed E-state index contributed by atoms with van der Waals surface area (Å²) >= 11 is 1.79. The number of hydrogen-bond donors (Lipinski definition) is 0. The Balaban J connectivity index is 1.11. The lowest BCUT2D eigenvalue weighted by Gasteiger charge is -2.33. The van der Waals surface area contributed by atoms with E-state index in [2.05, 4.69) is 83.8 Å². The second-order valence-corrected chi connectivity index (χ2v) is 13.1. The number of benzene rings is 7. The molecule has 1 aliphatic rings. The zero-order chi connectivity index (χ0) is 34.0. The first kappa shape index (κ1) is 30.6. The fourth-order valence-electron chi connectivity index (χ4n) is 6.37. The van der Waals surface area contributed by atoms with Gasteiger partial charge in [0, 0.05) is 32.0 Å². The van der Waals surface area contributed by atoms with Crippen LogP contribution in [0.25, 0.3) is 45.3 Å². The van der Waals surface area contributed by atoms with E-state index in [9.17, 15) is 0 Å². The Hall–Kier alpha value is -6.50. The molecule has 1 aliphatic heterocycles. The zero-order valence-corrected chi connectivity index (χ0v) is 28.2. The van der Waals surface area contributed by atoms with Gasteiger partial charge in [-0.3, -0.25) is 0 Å². The standard InChI is InChI=1S/C45H30N4OS/c1-3-16-31(17-4-1)43-46-44(32-18-5-2-6-19-32)48-45(47-43)34-21-15-20-33(30-34)35-22-7-11-26-39(35)50-40-27-12-8-23-36(40)49-37-24-9-13-28-41(37)51-42-29-14-10-25-38(42)49/h1-30H. The second-order valence-electron chi connectivity index (χ2n) is 12.1. The fourth-order valence-corrected chi connectivity index (χ4v) is 7.43. The van der Waals surface area contributed by atoms with Gasteiger partial charge in [-0.2, -0.15) is 0 Å². The van der Waals surface area contributed by atoms with Crippen LogP contribution >= 0.6 is 11.8 Å². The summed E-state index contributed by atoms with van der Waals surface area (Å²) < 4.78 is 6.89. The van der Waals surface area contributed by atoms with Gasteiger partial charge in [0.15, 0.2) is 23.2 Å². The minimum Gasteiger partial charge on any atom is -0.455 e. The summed E-state index contributed by atoms with van der Waals surface area (Å²) in [7, 11) is 0. The first-order valence-corrected chi connectivity index (χ1v) is 17.6. The van der Waals surface area contributed by atoms with Crippen LogP contribution in [0.1, 0.15) is 0 Å². The molecule has 9 rings (SSSR count). The number of para-hydroxylation sites is 5. The highest BCUT2D eigenvalue weighted by Gasteiger charge is 2.26. The van der Waals surface area contributed by atoms with Gasteiger partial charge in [-0.1, -0.05) is 145 Å². The van der Waals surface area contributed by atoms with Crippen molar-refractivity contribution in [3.8, 4) is 56.8 Å². The Labute approximate surface area is 300 Å². The van der Waals surface area contributed by atoms with Crippen molar-refractivity contribution in [3.05, 3.63) is 182 Å². The number of rotatable bonds is 7. The number of ether oxygens (including phenoxy) is 1. The molecule has 0 fully saturated rings. The Morgan fingerprint density at radius 3 is 1.45 bits per heavy atom. The monoisotopic (exact) mass is 674 g/mol. The molecular weight excluding hydrogens is 645 g/mol. The molecule has 6 heteroatoms. The largest absolute Gasteiger partial charge is 0.455 e. The fraction of sp³-hybridized carbons (Fsp3) is 0. The normalized spacial score (nSPS) is 11.8. The van der Waals surface area contributed by atoms with E-state index in [1.54, 1.807) is 11.8 Å². The minimum absolute atomic E-state index is 0.605. The van der Waals surface area contributed by atoms with E-state index in [0.717, 1.165) is 56.4 Å². The molecule has 0 spiro atoms. The second kappa shape index (κ2) is 13.4. The smallest absolute Gasteiger partial charge is 0.164 e. The molecule has 0 atom stereocenters. The molecule has 5 nitrogen and oxygen atoms in total. The first-order chi connectivity index (χ1) is 25.3. The van der Waals surface area contributed by atoms with Gasteiger partial charge in [0.25, 0.3) is 0 Å². The van der Waals surface area contributed by atoms with Gasteiger partial charge in [0.05, 0.1) is 17.1 Å². The van der Waals surface area contributed by atoms with Gasteiger partial charge < -0.3 is 9.64 Å². The molecule has 0 N–H and O–H groups in total. The van der Waals surface area contributed by atoms with Crippen LogP contribution in [0.3, 0.4) is 0 Å². The number of nitrogens with zero attached hydrogens (tertiary/aromatic N) is 4. The van der Waals surface area contributed by atoms with E-state index in [1.165, 1.54) is 9.79 Å². The van der Waals surface area contributed by atoms with Crippen molar-refractivity contribution in [3.63, 3.8) is 0 Å².